The van der Waals surface area contributed by atoms with Crippen LogP contribution >= 0.6 is 0 Å². The molecule has 0 radical (unpaired) electrons. The van der Waals surface area contributed by atoms with Crippen molar-refractivity contribution < 1.29 is 28.8 Å². The van der Waals surface area contributed by atoms with Crippen LogP contribution in [0.25, 0.3) is 82.7 Å². The molecule has 0 spiro atoms. The second-order valence-corrected chi connectivity index (χ2v) is 26.3. The minimum atomic E-state index is -1.15. The predicted molar refractivity (Wildman–Crippen MR) is 416 cm³/mol. The molecule has 0 bridgehead atoms. The van der Waals surface area contributed by atoms with Gasteiger partial charge in [0.1, 0.15) is 0 Å². The number of aryl methyl sites for hydroxylation is 2. The Morgan fingerprint density at radius 1 is 0.357 bits per heavy atom. The van der Waals surface area contributed by atoms with Crippen LogP contribution < -0.4 is 26.2 Å². The number of nitrogens with zero attached hydrogens (tertiary/aromatic N) is 4. The molecule has 4 nitrogen and oxygen atoms in total. The van der Waals surface area contributed by atoms with Gasteiger partial charge < -0.3 is 18.9 Å². The molecule has 1 atom stereocenters. The lowest BCUT2D eigenvalue weighted by Gasteiger charge is -2.45. The molecule has 4 heterocycles. The van der Waals surface area contributed by atoms with Crippen LogP contribution in [0.3, 0.4) is 0 Å². The molecular formula is C93H73BN4. The smallest absolute Gasteiger partial charge is 0.252 e. The van der Waals surface area contributed by atoms with Crippen molar-refractivity contribution in [2.75, 3.05) is 16.3 Å². The highest BCUT2D eigenvalue weighted by Gasteiger charge is 2.44. The molecule has 0 aliphatic carbocycles. The lowest BCUT2D eigenvalue weighted by molar-refractivity contribution is 0.590. The third-order valence-electron chi connectivity index (χ3n) is 19.6. The number of hydrogen-bond acceptors (Lipinski definition) is 2. The van der Waals surface area contributed by atoms with Gasteiger partial charge in [0, 0.05) is 85.7 Å². The standard InChI is InChI=1S/C93H73BN4/c1-93(2,3)74-61-89-92-90(62-74)98(76-34-24-33-70(59-76)65-25-8-4-9-26-65)88-60-71(91(68-31-14-7-15-32-68)69-44-47-75(48-45-69)97-85-41-22-18-37-79(85)80-38-19-23-42-86(80)97)46-50-82(88)94(92)81-49-43-63(51-53-95-83-39-20-16-35-77(83)78-36-17-21-40-84(78)95)57-87(81)96(89)54-52-64-55-72(66-27-10-5-11-28-66)58-73(56-64)67-29-12-6-13-30-67/h4-50,55-62,91H,51-54H2,1-3H3/i7D,14D,15D,16D,17D,18D,19D,20D,21D,22D,23D,31D,32D,35D,36D,37D,38D,39D,40D,41D,42D. The number of hydrogen-bond donors (Lipinski definition) is 0. The molecule has 98 heavy (non-hydrogen) atoms. The summed E-state index contributed by atoms with van der Waals surface area (Å²) in [6.45, 7) is 6.47. The number of aromatic nitrogens is 2. The topological polar surface area (TPSA) is 16.3 Å². The Bertz CT molecular complexity index is 6770. The van der Waals surface area contributed by atoms with Crippen LogP contribution in [0.5, 0.6) is 0 Å². The summed E-state index contributed by atoms with van der Waals surface area (Å²) >= 11 is 0. The maximum atomic E-state index is 9.82. The molecule has 5 heteroatoms. The second-order valence-electron chi connectivity index (χ2n) is 26.3. The highest BCUT2D eigenvalue weighted by Crippen LogP contribution is 2.47. The van der Waals surface area contributed by atoms with E-state index in [0.29, 0.717) is 29.8 Å². The van der Waals surface area contributed by atoms with Gasteiger partial charge in [-0.05, 0) is 180 Å². The maximum Gasteiger partial charge on any atom is 0.252 e. The van der Waals surface area contributed by atoms with Crippen LogP contribution in [0.4, 0.5) is 28.4 Å². The first kappa shape index (κ1) is 40.7. The van der Waals surface area contributed by atoms with E-state index in [1.807, 2.05) is 78.9 Å². The predicted octanol–water partition coefficient (Wildman–Crippen LogP) is 21.6. The summed E-state index contributed by atoms with van der Waals surface area (Å²) in [5.74, 6) is -1.15. The van der Waals surface area contributed by atoms with Gasteiger partial charge >= 0.3 is 0 Å². The molecule has 2 aliphatic rings. The molecule has 18 rings (SSSR count). The third-order valence-corrected chi connectivity index (χ3v) is 19.6. The molecular weight excluding hydrogens is 1180 g/mol. The maximum absolute atomic E-state index is 9.82. The van der Waals surface area contributed by atoms with Gasteiger partial charge in [-0.1, -0.05) is 275 Å². The summed E-state index contributed by atoms with van der Waals surface area (Å²) in [5, 5.41) is -0.205. The average molecular weight is 1280 g/mol. The van der Waals surface area contributed by atoms with Crippen LogP contribution in [0.2, 0.25) is 0 Å². The van der Waals surface area contributed by atoms with Gasteiger partial charge in [0.25, 0.3) is 6.71 Å². The van der Waals surface area contributed by atoms with Crippen molar-refractivity contribution in [3.63, 3.8) is 0 Å². The van der Waals surface area contributed by atoms with E-state index >= 15 is 0 Å². The molecule has 14 aromatic carbocycles. The lowest BCUT2D eigenvalue weighted by Crippen LogP contribution is -2.62. The Kier molecular flexibility index (Phi) is 10.1. The number of rotatable bonds is 14. The number of fused-ring (bicyclic) bond motifs is 10. The molecule has 0 amide bonds. The first-order valence-corrected chi connectivity index (χ1v) is 33.0. The molecule has 0 saturated heterocycles. The van der Waals surface area contributed by atoms with E-state index in [-0.39, 0.29) is 79.9 Å². The van der Waals surface area contributed by atoms with Gasteiger partial charge in [0.15, 0.2) is 0 Å². The number of benzene rings is 14. The summed E-state index contributed by atoms with van der Waals surface area (Å²) in [6.07, 6.45) is 0.773. The minimum absolute atomic E-state index is 0.00163. The first-order chi connectivity index (χ1) is 56.9. The van der Waals surface area contributed by atoms with E-state index in [0.717, 1.165) is 89.2 Å². The van der Waals surface area contributed by atoms with E-state index in [2.05, 4.69) is 134 Å². The van der Waals surface area contributed by atoms with Crippen molar-refractivity contribution in [2.45, 2.75) is 51.5 Å². The third kappa shape index (κ3) is 10.3. The normalized spacial score (nSPS) is 15.9. The molecule has 468 valence electrons. The molecule has 2 aliphatic heterocycles. The summed E-state index contributed by atoms with van der Waals surface area (Å²) in [6, 6.07) is 58.8. The summed E-state index contributed by atoms with van der Waals surface area (Å²) < 4.78 is 195. The molecule has 16 aromatic rings. The van der Waals surface area contributed by atoms with Crippen LogP contribution in [-0.4, -0.2) is 22.4 Å². The fourth-order valence-corrected chi connectivity index (χ4v) is 14.9. The van der Waals surface area contributed by atoms with Crippen molar-refractivity contribution >= 4 is 95.1 Å². The van der Waals surface area contributed by atoms with E-state index < -0.39 is 133 Å². The van der Waals surface area contributed by atoms with Crippen molar-refractivity contribution in [2.24, 2.45) is 0 Å². The van der Waals surface area contributed by atoms with Crippen LogP contribution in [0, 0.1) is 0 Å². The highest BCUT2D eigenvalue weighted by molar-refractivity contribution is 7.00. The molecule has 1 unspecified atom stereocenters. The fourth-order valence-electron chi connectivity index (χ4n) is 14.9. The van der Waals surface area contributed by atoms with Gasteiger partial charge in [-0.25, -0.2) is 0 Å². The van der Waals surface area contributed by atoms with E-state index in [1.165, 1.54) is 4.57 Å². The molecule has 0 N–H and O–H groups in total. The van der Waals surface area contributed by atoms with E-state index in [9.17, 15) is 13.7 Å². The zero-order valence-electron chi connectivity index (χ0n) is 74.9. The largest absolute Gasteiger partial charge is 0.342 e. The van der Waals surface area contributed by atoms with Crippen LogP contribution in [0.1, 0.15) is 88.9 Å². The van der Waals surface area contributed by atoms with Gasteiger partial charge in [-0.3, -0.25) is 0 Å². The van der Waals surface area contributed by atoms with Gasteiger partial charge in [-0.2, -0.15) is 0 Å². The van der Waals surface area contributed by atoms with Gasteiger partial charge in [0.05, 0.1) is 39.8 Å². The lowest BCUT2D eigenvalue weighted by atomic mass is 9.33. The SMILES string of the molecule is [2H]c1c([2H])c([2H])c(C(c2ccc(-n3c4c([2H])c([2H])c([2H])c([2H])c4c4c([2H])c([2H])c([2H])c([2H])c43)cc2)c2ccc3c(c2)N(c2cccc(-c4ccccc4)c2)c2cc(C(C)(C)C)cc4c2B3c2ccc(CCn3c5c([2H])c([2H])c([2H])c([2H])c5c5c([2H])c([2H])c([2H])c([2H])c53)cc2N4CCc2cc(-c3ccccc3)cc(-c3ccccc3)c2)c([2H])c1[2H]. The molecule has 2 aromatic heterocycles. The van der Waals surface area contributed by atoms with E-state index in [1.54, 1.807) is 28.8 Å². The van der Waals surface area contributed by atoms with Gasteiger partial charge in [-0.15, -0.1) is 0 Å². The quantitative estimate of drug-likeness (QED) is 0.0797. The number of para-hydroxylation sites is 4. The van der Waals surface area contributed by atoms with Crippen molar-refractivity contribution in [1.82, 2.24) is 9.13 Å². The first-order valence-electron chi connectivity index (χ1n) is 43.5. The zero-order valence-corrected chi connectivity index (χ0v) is 53.9. The summed E-state index contributed by atoms with van der Waals surface area (Å²) in [4.78, 5) is 4.68. The Balaban J connectivity index is 0.877. The molecule has 0 saturated carbocycles. The average Bonchev–Trinajstić information content (AvgIpc) is 1.71. The zero-order chi connectivity index (χ0) is 83.7. The Morgan fingerprint density at radius 2 is 0.867 bits per heavy atom. The van der Waals surface area contributed by atoms with Crippen LogP contribution in [-0.2, 0) is 24.8 Å². The Labute approximate surface area is 604 Å². The second kappa shape index (κ2) is 24.2. The Hall–Kier alpha value is -11.7. The van der Waals surface area contributed by atoms with Crippen molar-refractivity contribution in [3.8, 4) is 39.1 Å². The van der Waals surface area contributed by atoms with Crippen molar-refractivity contribution in [1.29, 1.82) is 0 Å². The van der Waals surface area contributed by atoms with Gasteiger partial charge in [0.2, 0.25) is 0 Å². The highest BCUT2D eigenvalue weighted by atomic mass is 15.2. The summed E-state index contributed by atoms with van der Waals surface area (Å²) in [7, 11) is 0. The summed E-state index contributed by atoms with van der Waals surface area (Å²) in [5.41, 5.74) is 16.4. The monoisotopic (exact) mass is 1280 g/mol. The number of anilines is 5. The van der Waals surface area contributed by atoms with E-state index in [4.69, 9.17) is 15.1 Å². The fraction of sp³-hybridized carbons (Fsp3) is 0.0968. The molecule has 0 fully saturated rings. The van der Waals surface area contributed by atoms with Crippen LogP contribution in [0.15, 0.2) is 333 Å². The minimum Gasteiger partial charge on any atom is -0.342 e. The van der Waals surface area contributed by atoms with Crippen molar-refractivity contribution in [3.05, 3.63) is 367 Å². The Morgan fingerprint density at radius 3 is 1.48 bits per heavy atom.